The lowest BCUT2D eigenvalue weighted by atomic mass is 9.92. The number of nitrogens with zero attached hydrogens (tertiary/aromatic N) is 4. The molecule has 1 aromatic heterocycles. The molecule has 0 N–H and O–H groups in total. The van der Waals surface area contributed by atoms with Crippen LogP contribution in [-0.4, -0.2) is 22.6 Å². The van der Waals surface area contributed by atoms with Gasteiger partial charge in [-0.25, -0.2) is 9.97 Å². The maximum absolute atomic E-state index is 9.11. The van der Waals surface area contributed by atoms with Gasteiger partial charge in [-0.15, -0.1) is 0 Å². The average molecular weight is 228 g/mol. The molecule has 0 radical (unpaired) electrons. The third-order valence-corrected chi connectivity index (χ3v) is 4.05. The van der Waals surface area contributed by atoms with Crippen molar-refractivity contribution in [3.63, 3.8) is 0 Å². The van der Waals surface area contributed by atoms with Crippen LogP contribution in [0.1, 0.15) is 37.8 Å². The third kappa shape index (κ3) is 1.76. The Morgan fingerprint density at radius 2 is 2.00 bits per heavy atom. The van der Waals surface area contributed by atoms with Crippen LogP contribution in [0.4, 0.5) is 5.82 Å². The summed E-state index contributed by atoms with van der Waals surface area (Å²) in [4.78, 5) is 10.8. The van der Waals surface area contributed by atoms with Crippen LogP contribution in [-0.2, 0) is 0 Å². The van der Waals surface area contributed by atoms with E-state index in [1.54, 1.807) is 12.4 Å². The summed E-state index contributed by atoms with van der Waals surface area (Å²) in [7, 11) is 0. The van der Waals surface area contributed by atoms with E-state index in [0.29, 0.717) is 11.7 Å². The Balaban J connectivity index is 1.95. The summed E-state index contributed by atoms with van der Waals surface area (Å²) in [6.07, 6.45) is 9.72. The van der Waals surface area contributed by atoms with Crippen LogP contribution in [0.2, 0.25) is 0 Å². The second kappa shape index (κ2) is 4.33. The van der Waals surface area contributed by atoms with Crippen LogP contribution >= 0.6 is 0 Å². The van der Waals surface area contributed by atoms with E-state index in [4.69, 9.17) is 5.26 Å². The maximum atomic E-state index is 9.11. The molecule has 1 saturated heterocycles. The van der Waals surface area contributed by atoms with Crippen molar-refractivity contribution >= 4 is 5.82 Å². The zero-order chi connectivity index (χ0) is 11.7. The normalized spacial score (nSPS) is 27.6. The van der Waals surface area contributed by atoms with E-state index in [2.05, 4.69) is 20.9 Å². The van der Waals surface area contributed by atoms with Crippen LogP contribution in [0.15, 0.2) is 12.4 Å². The van der Waals surface area contributed by atoms with Crippen molar-refractivity contribution in [1.82, 2.24) is 9.97 Å². The molecule has 2 heterocycles. The molecule has 1 aliphatic heterocycles. The number of fused-ring (bicyclic) bond motifs is 1. The molecule has 4 nitrogen and oxygen atoms in total. The Labute approximate surface area is 101 Å². The first kappa shape index (κ1) is 10.5. The van der Waals surface area contributed by atoms with E-state index >= 15 is 0 Å². The molecule has 0 spiro atoms. The van der Waals surface area contributed by atoms with Crippen molar-refractivity contribution in [3.8, 4) is 6.07 Å². The predicted octanol–water partition coefficient (Wildman–Crippen LogP) is 2.12. The first-order valence-electron chi connectivity index (χ1n) is 6.38. The van der Waals surface area contributed by atoms with Gasteiger partial charge >= 0.3 is 0 Å². The van der Waals surface area contributed by atoms with E-state index in [0.717, 1.165) is 18.3 Å². The number of anilines is 1. The lowest BCUT2D eigenvalue weighted by Crippen LogP contribution is -2.43. The second-order valence-corrected chi connectivity index (χ2v) is 4.93. The van der Waals surface area contributed by atoms with Gasteiger partial charge in [0.05, 0.1) is 0 Å². The Morgan fingerprint density at radius 1 is 1.18 bits per heavy atom. The quantitative estimate of drug-likeness (QED) is 0.738. The number of hydrogen-bond donors (Lipinski definition) is 0. The number of aromatic nitrogens is 2. The minimum Gasteiger partial charge on any atom is -0.351 e. The zero-order valence-electron chi connectivity index (χ0n) is 9.84. The van der Waals surface area contributed by atoms with E-state index < -0.39 is 0 Å². The topological polar surface area (TPSA) is 52.8 Å². The number of hydrogen-bond acceptors (Lipinski definition) is 4. The van der Waals surface area contributed by atoms with Gasteiger partial charge in [-0.05, 0) is 31.6 Å². The molecular weight excluding hydrogens is 212 g/mol. The van der Waals surface area contributed by atoms with Crippen molar-refractivity contribution in [2.24, 2.45) is 5.92 Å². The number of piperidine rings is 1. The summed E-state index contributed by atoms with van der Waals surface area (Å²) in [6.45, 7) is 1.02. The molecule has 0 amide bonds. The standard InChI is InChI=1S/C13H16N4/c14-9-11-13(16-7-6-15-11)17-8-2-4-10-3-1-5-12(10)17/h6-7,10,12H,1-5,8H2. The predicted molar refractivity (Wildman–Crippen MR) is 64.5 cm³/mol. The van der Waals surface area contributed by atoms with Crippen molar-refractivity contribution in [2.75, 3.05) is 11.4 Å². The summed E-state index contributed by atoms with van der Waals surface area (Å²) >= 11 is 0. The van der Waals surface area contributed by atoms with Crippen LogP contribution < -0.4 is 4.90 Å². The van der Waals surface area contributed by atoms with E-state index in [1.807, 2.05) is 0 Å². The van der Waals surface area contributed by atoms with E-state index in [1.165, 1.54) is 32.1 Å². The third-order valence-electron chi connectivity index (χ3n) is 4.05. The molecule has 2 aliphatic rings. The van der Waals surface area contributed by atoms with Crippen LogP contribution in [0.5, 0.6) is 0 Å². The summed E-state index contributed by atoms with van der Waals surface area (Å²) in [5.74, 6) is 1.60. The molecule has 2 unspecified atom stereocenters. The molecule has 4 heteroatoms. The van der Waals surface area contributed by atoms with Crippen molar-refractivity contribution in [1.29, 1.82) is 5.26 Å². The molecule has 0 bridgehead atoms. The second-order valence-electron chi connectivity index (χ2n) is 4.93. The van der Waals surface area contributed by atoms with Gasteiger partial charge < -0.3 is 4.90 Å². The summed E-state index contributed by atoms with van der Waals surface area (Å²) in [6, 6.07) is 2.75. The van der Waals surface area contributed by atoms with Crippen molar-refractivity contribution in [3.05, 3.63) is 18.1 Å². The number of nitriles is 1. The summed E-state index contributed by atoms with van der Waals surface area (Å²) in [5, 5.41) is 9.11. The molecule has 1 aromatic rings. The molecular formula is C13H16N4. The summed E-state index contributed by atoms with van der Waals surface area (Å²) < 4.78 is 0. The lowest BCUT2D eigenvalue weighted by molar-refractivity contribution is 0.360. The molecule has 88 valence electrons. The van der Waals surface area contributed by atoms with Gasteiger partial charge in [0, 0.05) is 25.0 Å². The van der Waals surface area contributed by atoms with Gasteiger partial charge in [0.25, 0.3) is 0 Å². The molecule has 17 heavy (non-hydrogen) atoms. The van der Waals surface area contributed by atoms with Gasteiger partial charge in [0.2, 0.25) is 0 Å². The fourth-order valence-corrected chi connectivity index (χ4v) is 3.34. The van der Waals surface area contributed by atoms with Gasteiger partial charge in [0.1, 0.15) is 6.07 Å². The lowest BCUT2D eigenvalue weighted by Gasteiger charge is -2.38. The highest BCUT2D eigenvalue weighted by molar-refractivity contribution is 5.51. The molecule has 3 rings (SSSR count). The van der Waals surface area contributed by atoms with E-state index in [9.17, 15) is 0 Å². The van der Waals surface area contributed by atoms with Crippen LogP contribution in [0.25, 0.3) is 0 Å². The zero-order valence-corrected chi connectivity index (χ0v) is 9.84. The maximum Gasteiger partial charge on any atom is 0.183 e. The Bertz CT molecular complexity index is 451. The fourth-order valence-electron chi connectivity index (χ4n) is 3.34. The largest absolute Gasteiger partial charge is 0.351 e. The summed E-state index contributed by atoms with van der Waals surface area (Å²) in [5.41, 5.74) is 0.472. The Hall–Kier alpha value is -1.63. The van der Waals surface area contributed by atoms with Crippen molar-refractivity contribution in [2.45, 2.75) is 38.1 Å². The highest BCUT2D eigenvalue weighted by Gasteiger charge is 2.36. The van der Waals surface area contributed by atoms with Gasteiger partial charge in [-0.3, -0.25) is 0 Å². The molecule has 2 atom stereocenters. The van der Waals surface area contributed by atoms with Gasteiger partial charge in [-0.2, -0.15) is 5.26 Å². The molecule has 1 aliphatic carbocycles. The molecule has 2 fully saturated rings. The Kier molecular flexibility index (Phi) is 2.68. The van der Waals surface area contributed by atoms with Gasteiger partial charge in [0.15, 0.2) is 11.5 Å². The monoisotopic (exact) mass is 228 g/mol. The minimum absolute atomic E-state index is 0.472. The Morgan fingerprint density at radius 3 is 2.88 bits per heavy atom. The van der Waals surface area contributed by atoms with Gasteiger partial charge in [-0.1, -0.05) is 6.42 Å². The van der Waals surface area contributed by atoms with Crippen molar-refractivity contribution < 1.29 is 0 Å². The van der Waals surface area contributed by atoms with E-state index in [-0.39, 0.29) is 0 Å². The molecule has 0 aromatic carbocycles. The first-order chi connectivity index (χ1) is 8.40. The average Bonchev–Trinajstić information content (AvgIpc) is 2.86. The first-order valence-corrected chi connectivity index (χ1v) is 6.38. The highest BCUT2D eigenvalue weighted by atomic mass is 15.2. The SMILES string of the molecule is N#Cc1nccnc1N1CCCC2CCCC21. The number of rotatable bonds is 1. The van der Waals surface area contributed by atoms with Crippen LogP contribution in [0, 0.1) is 17.2 Å². The minimum atomic E-state index is 0.472. The van der Waals surface area contributed by atoms with Crippen LogP contribution in [0.3, 0.4) is 0 Å². The fraction of sp³-hybridized carbons (Fsp3) is 0.615. The smallest absolute Gasteiger partial charge is 0.183 e. The molecule has 1 saturated carbocycles. The highest BCUT2D eigenvalue weighted by Crippen LogP contribution is 2.38.